The number of aromatic nitrogens is 2. The standard InChI is InChI=1S/C30H30F4N4O5/c1-28(2,3)43-27(41)38-29(4,5)18-13-21(16-6-9-19(31)10-7-16)36-22(14-18)20(30(32,33)34)15-35-25(39)17-8-11-24-23(12-17)37-26(40)42-24/h6-14,20H,15H2,1-5H3,(H,35,39)(H,37,40)(H,38,41). The van der Waals surface area contributed by atoms with Crippen LogP contribution >= 0.6 is 0 Å². The van der Waals surface area contributed by atoms with Crippen molar-refractivity contribution in [3.63, 3.8) is 0 Å². The van der Waals surface area contributed by atoms with Crippen LogP contribution in [-0.4, -0.2) is 40.3 Å². The molecule has 0 bridgehead atoms. The number of rotatable bonds is 7. The lowest BCUT2D eigenvalue weighted by molar-refractivity contribution is -0.149. The normalized spacial score (nSPS) is 13.0. The molecule has 1 unspecified atom stereocenters. The van der Waals surface area contributed by atoms with Crippen LogP contribution in [0.1, 0.15) is 62.2 Å². The van der Waals surface area contributed by atoms with Crippen LogP contribution in [-0.2, 0) is 10.3 Å². The molecule has 0 aliphatic heterocycles. The first-order valence-electron chi connectivity index (χ1n) is 13.2. The molecule has 2 aromatic heterocycles. The third kappa shape index (κ3) is 7.79. The second-order valence-corrected chi connectivity index (χ2v) is 11.5. The monoisotopic (exact) mass is 602 g/mol. The number of fused-ring (bicyclic) bond motifs is 1. The molecule has 4 aromatic rings. The summed E-state index contributed by atoms with van der Waals surface area (Å²) in [7, 11) is 0. The van der Waals surface area contributed by atoms with Crippen molar-refractivity contribution in [3.8, 4) is 11.3 Å². The Bertz CT molecular complexity index is 1700. The lowest BCUT2D eigenvalue weighted by Crippen LogP contribution is -2.44. The molecular weight excluding hydrogens is 572 g/mol. The molecule has 43 heavy (non-hydrogen) atoms. The van der Waals surface area contributed by atoms with Gasteiger partial charge in [0.2, 0.25) is 0 Å². The first-order valence-corrected chi connectivity index (χ1v) is 13.2. The van der Waals surface area contributed by atoms with Gasteiger partial charge in [-0.2, -0.15) is 13.2 Å². The quantitative estimate of drug-likeness (QED) is 0.218. The van der Waals surface area contributed by atoms with Crippen LogP contribution in [0.3, 0.4) is 0 Å². The highest BCUT2D eigenvalue weighted by atomic mass is 19.4. The largest absolute Gasteiger partial charge is 0.444 e. The third-order valence-corrected chi connectivity index (χ3v) is 6.42. The number of nitrogens with one attached hydrogen (secondary N) is 3. The minimum atomic E-state index is -4.85. The van der Waals surface area contributed by atoms with Crippen LogP contribution in [0.25, 0.3) is 22.4 Å². The number of carbonyl (C=O) groups is 2. The van der Waals surface area contributed by atoms with Crippen molar-refractivity contribution in [1.82, 2.24) is 20.6 Å². The third-order valence-electron chi connectivity index (χ3n) is 6.42. The summed E-state index contributed by atoms with van der Waals surface area (Å²) in [5.41, 5.74) is -1.38. The van der Waals surface area contributed by atoms with E-state index in [0.717, 1.165) is 12.1 Å². The fourth-order valence-corrected chi connectivity index (χ4v) is 4.27. The van der Waals surface area contributed by atoms with Gasteiger partial charge < -0.3 is 19.8 Å². The number of nitrogens with zero attached hydrogens (tertiary/aromatic N) is 1. The lowest BCUT2D eigenvalue weighted by Gasteiger charge is -2.30. The summed E-state index contributed by atoms with van der Waals surface area (Å²) in [4.78, 5) is 43.4. The number of halogens is 4. The Morgan fingerprint density at radius 3 is 2.30 bits per heavy atom. The number of aromatic amines is 1. The maximum absolute atomic E-state index is 14.5. The Morgan fingerprint density at radius 1 is 1.00 bits per heavy atom. The van der Waals surface area contributed by atoms with Gasteiger partial charge in [0.05, 0.1) is 22.4 Å². The second-order valence-electron chi connectivity index (χ2n) is 11.5. The van der Waals surface area contributed by atoms with Gasteiger partial charge in [0.1, 0.15) is 17.3 Å². The molecular formula is C30H30F4N4O5. The topological polar surface area (TPSA) is 126 Å². The van der Waals surface area contributed by atoms with Crippen molar-refractivity contribution in [1.29, 1.82) is 0 Å². The van der Waals surface area contributed by atoms with Crippen LogP contribution in [0, 0.1) is 5.82 Å². The number of oxazole rings is 1. The molecule has 0 aliphatic rings. The molecule has 4 rings (SSSR count). The first kappa shape index (κ1) is 31.3. The number of amides is 2. The zero-order chi connectivity index (χ0) is 31.7. The van der Waals surface area contributed by atoms with Crippen molar-refractivity contribution < 1.29 is 36.3 Å². The van der Waals surface area contributed by atoms with E-state index in [1.165, 1.54) is 42.5 Å². The number of pyridine rings is 1. The molecule has 1 atom stereocenters. The fourth-order valence-electron chi connectivity index (χ4n) is 4.27. The molecule has 9 nitrogen and oxygen atoms in total. The minimum Gasteiger partial charge on any atom is -0.444 e. The number of hydrogen-bond acceptors (Lipinski definition) is 6. The molecule has 2 amide bonds. The van der Waals surface area contributed by atoms with Crippen LogP contribution < -0.4 is 16.4 Å². The van der Waals surface area contributed by atoms with Crippen molar-refractivity contribution in [3.05, 3.63) is 87.8 Å². The van der Waals surface area contributed by atoms with E-state index in [0.29, 0.717) is 5.56 Å². The Hall–Kier alpha value is -4.68. The van der Waals surface area contributed by atoms with Crippen molar-refractivity contribution in [2.45, 2.75) is 57.9 Å². The SMILES string of the molecule is CC(C)(C)OC(=O)NC(C)(C)c1cc(-c2ccc(F)cc2)nc(C(CNC(=O)c2ccc3oc(=O)[nH]c3c2)C(F)(F)F)c1. The van der Waals surface area contributed by atoms with E-state index in [-0.39, 0.29) is 27.9 Å². The molecule has 0 saturated heterocycles. The number of ether oxygens (including phenoxy) is 1. The number of carbonyl (C=O) groups excluding carboxylic acids is 2. The van der Waals surface area contributed by atoms with Crippen molar-refractivity contribution >= 4 is 23.1 Å². The van der Waals surface area contributed by atoms with Crippen LogP contribution in [0.15, 0.2) is 63.8 Å². The molecule has 0 fully saturated rings. The van der Waals surface area contributed by atoms with Crippen LogP contribution in [0.4, 0.5) is 22.4 Å². The zero-order valence-corrected chi connectivity index (χ0v) is 24.0. The van der Waals surface area contributed by atoms with E-state index < -0.39 is 59.0 Å². The van der Waals surface area contributed by atoms with Gasteiger partial charge in [-0.25, -0.2) is 14.0 Å². The van der Waals surface area contributed by atoms with E-state index >= 15 is 0 Å². The zero-order valence-electron chi connectivity index (χ0n) is 24.0. The Balaban J connectivity index is 1.71. The number of alkyl halides is 3. The van der Waals surface area contributed by atoms with E-state index in [1.54, 1.807) is 34.6 Å². The highest BCUT2D eigenvalue weighted by Crippen LogP contribution is 2.37. The van der Waals surface area contributed by atoms with Gasteiger partial charge in [-0.1, -0.05) is 0 Å². The molecule has 2 aromatic carbocycles. The number of alkyl carbamates (subject to hydrolysis) is 1. The smallest absolute Gasteiger partial charge is 0.417 e. The fraction of sp³-hybridized carbons (Fsp3) is 0.333. The first-order chi connectivity index (χ1) is 19.9. The van der Waals surface area contributed by atoms with Gasteiger partial charge in [0, 0.05) is 17.7 Å². The van der Waals surface area contributed by atoms with Gasteiger partial charge in [-0.15, -0.1) is 0 Å². The number of H-pyrrole nitrogens is 1. The molecule has 0 radical (unpaired) electrons. The summed E-state index contributed by atoms with van der Waals surface area (Å²) in [5.74, 6) is -4.36. The predicted octanol–water partition coefficient (Wildman–Crippen LogP) is 6.16. The predicted molar refractivity (Wildman–Crippen MR) is 150 cm³/mol. The van der Waals surface area contributed by atoms with Gasteiger partial charge >= 0.3 is 18.0 Å². The van der Waals surface area contributed by atoms with Gasteiger partial charge in [-0.3, -0.25) is 14.8 Å². The maximum atomic E-state index is 14.5. The highest BCUT2D eigenvalue weighted by Gasteiger charge is 2.43. The lowest BCUT2D eigenvalue weighted by atomic mass is 9.90. The van der Waals surface area contributed by atoms with Gasteiger partial charge in [0.15, 0.2) is 5.58 Å². The molecule has 0 aliphatic carbocycles. The summed E-state index contributed by atoms with van der Waals surface area (Å²) >= 11 is 0. The highest BCUT2D eigenvalue weighted by molar-refractivity contribution is 5.97. The Morgan fingerprint density at radius 2 is 1.67 bits per heavy atom. The summed E-state index contributed by atoms with van der Waals surface area (Å²) in [5, 5.41) is 4.97. The Kier molecular flexibility index (Phi) is 8.39. The minimum absolute atomic E-state index is 0.00174. The molecule has 0 saturated carbocycles. The molecule has 3 N–H and O–H groups in total. The van der Waals surface area contributed by atoms with Crippen LogP contribution in [0.5, 0.6) is 0 Å². The van der Waals surface area contributed by atoms with E-state index in [9.17, 15) is 31.9 Å². The average Bonchev–Trinajstić information content (AvgIpc) is 3.26. The van der Waals surface area contributed by atoms with Crippen molar-refractivity contribution in [2.24, 2.45) is 0 Å². The summed E-state index contributed by atoms with van der Waals surface area (Å²) in [6, 6.07) is 11.7. The summed E-state index contributed by atoms with van der Waals surface area (Å²) in [6.45, 7) is 7.32. The van der Waals surface area contributed by atoms with E-state index in [4.69, 9.17) is 9.15 Å². The van der Waals surface area contributed by atoms with E-state index in [1.807, 2.05) is 0 Å². The van der Waals surface area contributed by atoms with Gasteiger partial charge in [-0.05, 0) is 94.8 Å². The summed E-state index contributed by atoms with van der Waals surface area (Å²) < 4.78 is 67.3. The maximum Gasteiger partial charge on any atom is 0.417 e. The molecule has 0 spiro atoms. The van der Waals surface area contributed by atoms with Gasteiger partial charge in [0.25, 0.3) is 5.91 Å². The molecule has 13 heteroatoms. The Labute approximate surface area is 243 Å². The average molecular weight is 603 g/mol. The number of benzene rings is 2. The van der Waals surface area contributed by atoms with Crippen molar-refractivity contribution in [2.75, 3.05) is 6.54 Å². The van der Waals surface area contributed by atoms with E-state index in [2.05, 4.69) is 20.6 Å². The second kappa shape index (κ2) is 11.5. The molecule has 228 valence electrons. The summed E-state index contributed by atoms with van der Waals surface area (Å²) in [6.07, 6.45) is -5.63. The number of hydrogen-bond donors (Lipinski definition) is 3. The van der Waals surface area contributed by atoms with Crippen LogP contribution in [0.2, 0.25) is 0 Å². The molecule has 2 heterocycles.